The summed E-state index contributed by atoms with van der Waals surface area (Å²) in [4.78, 5) is 14.2. The maximum atomic E-state index is 11.7. The molecule has 0 bridgehead atoms. The van der Waals surface area contributed by atoms with Crippen LogP contribution in [-0.4, -0.2) is 39.1 Å². The largest absolute Gasteiger partial charge is 0.385 e. The van der Waals surface area contributed by atoms with Gasteiger partial charge in [-0.25, -0.2) is 8.42 Å². The van der Waals surface area contributed by atoms with E-state index in [0.717, 1.165) is 0 Å². The topological polar surface area (TPSA) is 88.3 Å². The van der Waals surface area contributed by atoms with E-state index in [4.69, 9.17) is 15.4 Å². The Morgan fingerprint density at radius 1 is 1.61 bits per heavy atom. The fourth-order valence-corrected chi connectivity index (χ4v) is 2.04. The summed E-state index contributed by atoms with van der Waals surface area (Å²) in [6, 6.07) is 1.12. The van der Waals surface area contributed by atoms with E-state index in [1.54, 1.807) is 7.11 Å². The average molecular weight is 295 g/mol. The van der Waals surface area contributed by atoms with Gasteiger partial charge in [-0.3, -0.25) is 4.79 Å². The maximum absolute atomic E-state index is 11.7. The highest BCUT2D eigenvalue weighted by atomic mass is 35.7. The van der Waals surface area contributed by atoms with Crippen molar-refractivity contribution in [2.24, 2.45) is 0 Å². The molecular weight excluding hydrogens is 280 g/mol. The van der Waals surface area contributed by atoms with Gasteiger partial charge in [0.05, 0.1) is 0 Å². The molecule has 0 radical (unpaired) electrons. The number of carbonyl (C=O) groups is 1. The number of halogens is 1. The lowest BCUT2D eigenvalue weighted by Crippen LogP contribution is -2.33. The first-order valence-electron chi connectivity index (χ1n) is 5.27. The standard InChI is InChI=1S/C10H15ClN2O4S/c1-7(3-4-17-2)13-10(14)9-5-8(6-12-9)18(11,15)16/h5-7,12H,3-4H2,1-2H3,(H,13,14). The van der Waals surface area contributed by atoms with Crippen LogP contribution in [0, 0.1) is 0 Å². The second-order valence-electron chi connectivity index (χ2n) is 3.84. The Morgan fingerprint density at radius 3 is 2.78 bits per heavy atom. The summed E-state index contributed by atoms with van der Waals surface area (Å²) in [5.74, 6) is -0.384. The minimum atomic E-state index is -3.82. The number of methoxy groups -OCH3 is 1. The maximum Gasteiger partial charge on any atom is 0.267 e. The number of H-pyrrole nitrogens is 1. The first-order chi connectivity index (χ1) is 8.34. The Bertz CT molecular complexity index is 512. The Balaban J connectivity index is 2.65. The number of aromatic amines is 1. The van der Waals surface area contributed by atoms with Crippen LogP contribution >= 0.6 is 10.7 Å². The van der Waals surface area contributed by atoms with Gasteiger partial charge in [-0.15, -0.1) is 0 Å². The van der Waals surface area contributed by atoms with Gasteiger partial charge in [0.25, 0.3) is 15.0 Å². The van der Waals surface area contributed by atoms with Crippen molar-refractivity contribution in [3.8, 4) is 0 Å². The molecule has 0 saturated heterocycles. The summed E-state index contributed by atoms with van der Waals surface area (Å²) in [6.07, 6.45) is 1.85. The van der Waals surface area contributed by atoms with Crippen molar-refractivity contribution in [3.05, 3.63) is 18.0 Å². The molecule has 1 amide bonds. The van der Waals surface area contributed by atoms with E-state index in [0.29, 0.717) is 13.0 Å². The van der Waals surface area contributed by atoms with Gasteiger partial charge in [-0.2, -0.15) is 0 Å². The van der Waals surface area contributed by atoms with Crippen molar-refractivity contribution in [1.29, 1.82) is 0 Å². The third kappa shape index (κ3) is 4.32. The average Bonchev–Trinajstić information content (AvgIpc) is 2.75. The quantitative estimate of drug-likeness (QED) is 0.769. The first-order valence-corrected chi connectivity index (χ1v) is 7.58. The van der Waals surface area contributed by atoms with Gasteiger partial charge >= 0.3 is 0 Å². The summed E-state index contributed by atoms with van der Waals surface area (Å²) in [5.41, 5.74) is 0.151. The van der Waals surface area contributed by atoms with Crippen molar-refractivity contribution >= 4 is 25.6 Å². The van der Waals surface area contributed by atoms with Crippen molar-refractivity contribution < 1.29 is 17.9 Å². The van der Waals surface area contributed by atoms with Crippen molar-refractivity contribution in [1.82, 2.24) is 10.3 Å². The highest BCUT2D eigenvalue weighted by molar-refractivity contribution is 8.13. The summed E-state index contributed by atoms with van der Waals surface area (Å²) in [5, 5.41) is 2.71. The highest BCUT2D eigenvalue weighted by Crippen LogP contribution is 2.15. The zero-order valence-electron chi connectivity index (χ0n) is 10.1. The van der Waals surface area contributed by atoms with Crippen molar-refractivity contribution in [2.75, 3.05) is 13.7 Å². The molecule has 0 aromatic carbocycles. The summed E-state index contributed by atoms with van der Waals surface area (Å²) in [7, 11) is 2.92. The van der Waals surface area contributed by atoms with E-state index in [-0.39, 0.29) is 22.5 Å². The highest BCUT2D eigenvalue weighted by Gasteiger charge is 2.16. The number of amides is 1. The molecule has 1 rings (SSSR count). The van der Waals surface area contributed by atoms with Gasteiger partial charge < -0.3 is 15.0 Å². The van der Waals surface area contributed by atoms with Crippen molar-refractivity contribution in [3.63, 3.8) is 0 Å². The Morgan fingerprint density at radius 2 is 2.28 bits per heavy atom. The van der Waals surface area contributed by atoms with Crippen LogP contribution in [0.5, 0.6) is 0 Å². The van der Waals surface area contributed by atoms with E-state index in [9.17, 15) is 13.2 Å². The third-order valence-electron chi connectivity index (χ3n) is 2.32. The lowest BCUT2D eigenvalue weighted by Gasteiger charge is -2.12. The summed E-state index contributed by atoms with van der Waals surface area (Å²) >= 11 is 0. The molecule has 0 fully saturated rings. The van der Waals surface area contributed by atoms with E-state index in [1.165, 1.54) is 12.3 Å². The predicted molar refractivity (Wildman–Crippen MR) is 67.3 cm³/mol. The molecule has 18 heavy (non-hydrogen) atoms. The second-order valence-corrected chi connectivity index (χ2v) is 6.41. The zero-order chi connectivity index (χ0) is 13.8. The Labute approximate surface area is 110 Å². The number of hydrogen-bond acceptors (Lipinski definition) is 4. The smallest absolute Gasteiger partial charge is 0.267 e. The molecule has 2 N–H and O–H groups in total. The number of ether oxygens (including phenoxy) is 1. The van der Waals surface area contributed by atoms with Gasteiger partial charge in [0, 0.05) is 36.6 Å². The minimum absolute atomic E-state index is 0.0724. The molecule has 1 atom stereocenters. The van der Waals surface area contributed by atoms with Crippen LogP contribution in [0.1, 0.15) is 23.8 Å². The van der Waals surface area contributed by atoms with E-state index >= 15 is 0 Å². The fourth-order valence-electron chi connectivity index (χ4n) is 1.31. The molecule has 0 saturated carbocycles. The number of rotatable bonds is 6. The van der Waals surface area contributed by atoms with Crippen molar-refractivity contribution in [2.45, 2.75) is 24.3 Å². The van der Waals surface area contributed by atoms with E-state index < -0.39 is 9.05 Å². The minimum Gasteiger partial charge on any atom is -0.385 e. The van der Waals surface area contributed by atoms with Gasteiger partial charge in [0.15, 0.2) is 0 Å². The number of aromatic nitrogens is 1. The molecule has 1 aromatic heterocycles. The zero-order valence-corrected chi connectivity index (χ0v) is 11.6. The Hall–Kier alpha value is -1.05. The molecular formula is C10H15ClN2O4S. The lowest BCUT2D eigenvalue weighted by atomic mass is 10.2. The molecule has 1 heterocycles. The van der Waals surface area contributed by atoms with Gasteiger partial charge in [0.2, 0.25) is 0 Å². The molecule has 0 spiro atoms. The van der Waals surface area contributed by atoms with Crippen LogP contribution in [0.25, 0.3) is 0 Å². The predicted octanol–water partition coefficient (Wildman–Crippen LogP) is 1.10. The molecule has 6 nitrogen and oxygen atoms in total. The molecule has 102 valence electrons. The first kappa shape index (κ1) is 15.0. The number of nitrogens with one attached hydrogen (secondary N) is 2. The van der Waals surface area contributed by atoms with E-state index in [1.807, 2.05) is 6.92 Å². The van der Waals surface area contributed by atoms with Crippen LogP contribution in [0.15, 0.2) is 17.2 Å². The third-order valence-corrected chi connectivity index (χ3v) is 3.65. The lowest BCUT2D eigenvalue weighted by molar-refractivity contribution is 0.0925. The molecule has 0 aliphatic heterocycles. The molecule has 0 aliphatic carbocycles. The molecule has 8 heteroatoms. The van der Waals surface area contributed by atoms with E-state index in [2.05, 4.69) is 10.3 Å². The van der Waals surface area contributed by atoms with Crippen LogP contribution in [0.2, 0.25) is 0 Å². The SMILES string of the molecule is COCCC(C)NC(=O)c1cc(S(=O)(=O)Cl)c[nH]1. The second kappa shape index (κ2) is 6.21. The normalized spacial score (nSPS) is 13.3. The molecule has 0 aliphatic rings. The van der Waals surface area contributed by atoms with Gasteiger partial charge in [0.1, 0.15) is 10.6 Å². The summed E-state index contributed by atoms with van der Waals surface area (Å²) in [6.45, 7) is 2.37. The summed E-state index contributed by atoms with van der Waals surface area (Å²) < 4.78 is 27.0. The monoisotopic (exact) mass is 294 g/mol. The van der Waals surface area contributed by atoms with Crippen LogP contribution < -0.4 is 5.32 Å². The molecule has 1 unspecified atom stereocenters. The van der Waals surface area contributed by atoms with Gasteiger partial charge in [-0.05, 0) is 19.4 Å². The number of carbonyl (C=O) groups excluding carboxylic acids is 1. The Kier molecular flexibility index (Phi) is 5.18. The van der Waals surface area contributed by atoms with Gasteiger partial charge in [-0.1, -0.05) is 0 Å². The van der Waals surface area contributed by atoms with Crippen LogP contribution in [-0.2, 0) is 13.8 Å². The van der Waals surface area contributed by atoms with Crippen LogP contribution in [0.4, 0.5) is 0 Å². The van der Waals surface area contributed by atoms with Crippen LogP contribution in [0.3, 0.4) is 0 Å². The fraction of sp³-hybridized carbons (Fsp3) is 0.500. The molecule has 1 aromatic rings. The number of hydrogen-bond donors (Lipinski definition) is 2.